The van der Waals surface area contributed by atoms with Crippen LogP contribution in [-0.2, 0) is 9.59 Å². The molecule has 1 saturated carbocycles. The number of carboxylic acid groups (broad SMARTS) is 1. The van der Waals surface area contributed by atoms with E-state index in [9.17, 15) is 19.5 Å². The van der Waals surface area contributed by atoms with Crippen molar-refractivity contribution in [3.05, 3.63) is 35.9 Å². The van der Waals surface area contributed by atoms with Crippen molar-refractivity contribution in [1.82, 2.24) is 5.32 Å². The molecular weight excluding hydrogens is 338 g/mol. The molecule has 2 atom stereocenters. The first-order chi connectivity index (χ1) is 12.1. The van der Waals surface area contributed by atoms with E-state index in [0.717, 1.165) is 25.7 Å². The van der Waals surface area contributed by atoms with Gasteiger partial charge in [0.1, 0.15) is 0 Å². The van der Waals surface area contributed by atoms with E-state index < -0.39 is 11.9 Å². The molecule has 1 fully saturated rings. The number of Topliss-reactive ketones (excluding diaryl/α,β-unsaturated/α-hetero) is 1. The summed E-state index contributed by atoms with van der Waals surface area (Å²) in [5, 5.41) is 12.3. The van der Waals surface area contributed by atoms with Gasteiger partial charge in [-0.2, -0.15) is 0 Å². The normalized spacial score (nSPS) is 21.0. The maximum atomic E-state index is 12.2. The van der Waals surface area contributed by atoms with Crippen molar-refractivity contribution in [2.45, 2.75) is 44.6 Å². The van der Waals surface area contributed by atoms with Crippen molar-refractivity contribution in [2.75, 3.05) is 11.5 Å². The molecule has 2 N–H and O–H groups in total. The van der Waals surface area contributed by atoms with Crippen molar-refractivity contribution in [3.63, 3.8) is 0 Å². The smallest absolute Gasteiger partial charge is 0.308 e. The lowest BCUT2D eigenvalue weighted by atomic mass is 9.87. The van der Waals surface area contributed by atoms with Gasteiger partial charge in [0.05, 0.1) is 17.4 Å². The minimum atomic E-state index is -0.834. The van der Waals surface area contributed by atoms with Crippen molar-refractivity contribution >= 4 is 29.4 Å². The fraction of sp³-hybridized carbons (Fsp3) is 0.526. The highest BCUT2D eigenvalue weighted by Crippen LogP contribution is 2.23. The Kier molecular flexibility index (Phi) is 7.98. The van der Waals surface area contributed by atoms with Gasteiger partial charge >= 0.3 is 5.97 Å². The highest BCUT2D eigenvalue weighted by atomic mass is 32.2. The largest absolute Gasteiger partial charge is 0.481 e. The average Bonchev–Trinajstić information content (AvgIpc) is 2.57. The molecule has 0 saturated heterocycles. The lowest BCUT2D eigenvalue weighted by molar-refractivity contribution is -0.143. The lowest BCUT2D eigenvalue weighted by Gasteiger charge is -2.27. The summed E-state index contributed by atoms with van der Waals surface area (Å²) in [5.41, 5.74) is 0.640. The van der Waals surface area contributed by atoms with E-state index in [4.69, 9.17) is 0 Å². The van der Waals surface area contributed by atoms with E-state index in [2.05, 4.69) is 5.32 Å². The molecule has 6 heteroatoms. The van der Waals surface area contributed by atoms with Crippen molar-refractivity contribution in [1.29, 1.82) is 0 Å². The van der Waals surface area contributed by atoms with Gasteiger partial charge in [0, 0.05) is 11.6 Å². The second-order valence-corrected chi connectivity index (χ2v) is 7.38. The first-order valence-electron chi connectivity index (χ1n) is 8.76. The molecule has 25 heavy (non-hydrogen) atoms. The van der Waals surface area contributed by atoms with Gasteiger partial charge in [0.2, 0.25) is 5.91 Å². The van der Waals surface area contributed by atoms with Crippen LogP contribution in [0.2, 0.25) is 0 Å². The number of aliphatic carboxylic acids is 1. The van der Waals surface area contributed by atoms with Crippen LogP contribution in [0.25, 0.3) is 0 Å². The first-order valence-corrected chi connectivity index (χ1v) is 9.91. The zero-order valence-corrected chi connectivity index (χ0v) is 15.1. The molecule has 0 aromatic heterocycles. The third kappa shape index (κ3) is 6.53. The van der Waals surface area contributed by atoms with Crippen LogP contribution in [0.3, 0.4) is 0 Å². The molecule has 1 aliphatic rings. The van der Waals surface area contributed by atoms with E-state index in [1.54, 1.807) is 12.1 Å². The highest BCUT2D eigenvalue weighted by Gasteiger charge is 2.29. The van der Waals surface area contributed by atoms with Crippen LogP contribution in [0.5, 0.6) is 0 Å². The minimum absolute atomic E-state index is 0.00670. The van der Waals surface area contributed by atoms with Crippen LogP contribution >= 0.6 is 11.8 Å². The molecule has 0 aliphatic heterocycles. The van der Waals surface area contributed by atoms with Crippen molar-refractivity contribution in [3.8, 4) is 0 Å². The molecule has 2 unspecified atom stereocenters. The summed E-state index contributed by atoms with van der Waals surface area (Å²) in [6.07, 6.45) is 5.29. The molecule has 0 spiro atoms. The number of carbonyl (C=O) groups excluding carboxylic acids is 2. The molecule has 1 aromatic carbocycles. The number of rotatable bonds is 7. The molecule has 1 amide bonds. The highest BCUT2D eigenvalue weighted by molar-refractivity contribution is 8.00. The number of hydrogen-bond donors (Lipinski definition) is 2. The fourth-order valence-electron chi connectivity index (χ4n) is 3.15. The molecule has 0 radical (unpaired) electrons. The monoisotopic (exact) mass is 363 g/mol. The third-order valence-corrected chi connectivity index (χ3v) is 5.42. The number of nitrogens with one attached hydrogen (secondary N) is 1. The van der Waals surface area contributed by atoms with Crippen LogP contribution in [-0.4, -0.2) is 40.3 Å². The summed E-state index contributed by atoms with van der Waals surface area (Å²) in [6.45, 7) is 0. The summed E-state index contributed by atoms with van der Waals surface area (Å²) in [6, 6.07) is 8.68. The van der Waals surface area contributed by atoms with Gasteiger partial charge in [-0.25, -0.2) is 0 Å². The van der Waals surface area contributed by atoms with Crippen LogP contribution < -0.4 is 5.32 Å². The second kappa shape index (κ2) is 10.2. The Balaban J connectivity index is 1.79. The topological polar surface area (TPSA) is 83.5 Å². The fourth-order valence-corrected chi connectivity index (χ4v) is 3.87. The van der Waals surface area contributed by atoms with Gasteiger partial charge in [-0.05, 0) is 12.8 Å². The van der Waals surface area contributed by atoms with E-state index in [1.165, 1.54) is 11.8 Å². The minimum Gasteiger partial charge on any atom is -0.481 e. The van der Waals surface area contributed by atoms with E-state index in [0.29, 0.717) is 18.4 Å². The quantitative estimate of drug-likeness (QED) is 0.727. The molecule has 136 valence electrons. The summed E-state index contributed by atoms with van der Waals surface area (Å²) in [7, 11) is 0. The maximum Gasteiger partial charge on any atom is 0.308 e. The van der Waals surface area contributed by atoms with Crippen LogP contribution in [0.1, 0.15) is 48.9 Å². The van der Waals surface area contributed by atoms with Gasteiger partial charge in [-0.15, -0.1) is 11.8 Å². The first kappa shape index (κ1) is 19.5. The molecule has 1 aliphatic carbocycles. The number of amides is 1. The van der Waals surface area contributed by atoms with Crippen LogP contribution in [0.4, 0.5) is 0 Å². The van der Waals surface area contributed by atoms with Gasteiger partial charge < -0.3 is 10.4 Å². The summed E-state index contributed by atoms with van der Waals surface area (Å²) < 4.78 is 0. The summed E-state index contributed by atoms with van der Waals surface area (Å²) in [4.78, 5) is 35.6. The molecule has 0 bridgehead atoms. The molecular formula is C19H25NO4S. The van der Waals surface area contributed by atoms with Gasteiger partial charge in [-0.1, -0.05) is 56.0 Å². The third-order valence-electron chi connectivity index (χ3n) is 4.49. The Morgan fingerprint density at radius 3 is 2.36 bits per heavy atom. The van der Waals surface area contributed by atoms with Gasteiger partial charge in [0.15, 0.2) is 5.78 Å². The van der Waals surface area contributed by atoms with E-state index in [1.807, 2.05) is 18.2 Å². The standard InChI is InChI=1S/C19H25NO4S/c21-17(14-8-4-3-5-9-14)12-25-13-18(22)20-16-11-7-2-1-6-10-15(16)19(23)24/h3-5,8-9,15-16H,1-2,6-7,10-13H2,(H,20,22)(H,23,24). The van der Waals surface area contributed by atoms with E-state index >= 15 is 0 Å². The predicted molar refractivity (Wildman–Crippen MR) is 98.9 cm³/mol. The molecule has 0 heterocycles. The Morgan fingerprint density at radius 2 is 1.68 bits per heavy atom. The average molecular weight is 363 g/mol. The summed E-state index contributed by atoms with van der Waals surface area (Å²) in [5.74, 6) is -1.14. The maximum absolute atomic E-state index is 12.2. The van der Waals surface area contributed by atoms with Crippen LogP contribution in [0, 0.1) is 5.92 Å². The van der Waals surface area contributed by atoms with Gasteiger partial charge in [-0.3, -0.25) is 14.4 Å². The lowest BCUT2D eigenvalue weighted by Crippen LogP contribution is -2.44. The SMILES string of the molecule is O=C(CSCC(=O)c1ccccc1)NC1CCCCCCC1C(=O)O. The second-order valence-electron chi connectivity index (χ2n) is 6.39. The molecule has 2 rings (SSSR count). The van der Waals surface area contributed by atoms with Crippen molar-refractivity contribution < 1.29 is 19.5 Å². The Bertz CT molecular complexity index is 590. The summed E-state index contributed by atoms with van der Waals surface area (Å²) >= 11 is 1.26. The number of thioether (sulfide) groups is 1. The number of carboxylic acids is 1. The zero-order chi connectivity index (χ0) is 18.1. The Morgan fingerprint density at radius 1 is 1.00 bits per heavy atom. The molecule has 1 aromatic rings. The Labute approximate surface area is 152 Å². The van der Waals surface area contributed by atoms with Gasteiger partial charge in [0.25, 0.3) is 0 Å². The number of carbonyl (C=O) groups is 3. The Hall–Kier alpha value is -1.82. The molecule has 5 nitrogen and oxygen atoms in total. The predicted octanol–water partition coefficient (Wildman–Crippen LogP) is 3.14. The van der Waals surface area contributed by atoms with E-state index in [-0.39, 0.29) is 29.2 Å². The number of benzene rings is 1. The number of hydrogen-bond acceptors (Lipinski definition) is 4. The van der Waals surface area contributed by atoms with Crippen molar-refractivity contribution in [2.24, 2.45) is 5.92 Å². The zero-order valence-electron chi connectivity index (χ0n) is 14.3. The van der Waals surface area contributed by atoms with Crippen LogP contribution in [0.15, 0.2) is 30.3 Å². The number of ketones is 1.